The minimum Gasteiger partial charge on any atom is -0.341 e. The molecule has 1 aromatic carbocycles. The molecule has 19 heavy (non-hydrogen) atoms. The Kier molecular flexibility index (Phi) is 2.84. The fourth-order valence-electron chi connectivity index (χ4n) is 2.14. The summed E-state index contributed by atoms with van der Waals surface area (Å²) in [5, 5.41) is 11.2. The normalized spacial score (nSPS) is 10.8. The van der Waals surface area contributed by atoms with Crippen LogP contribution in [0.1, 0.15) is 21.1 Å². The Morgan fingerprint density at radius 1 is 1.32 bits per heavy atom. The molecule has 94 valence electrons. The van der Waals surface area contributed by atoms with Gasteiger partial charge in [-0.3, -0.25) is 0 Å². The second kappa shape index (κ2) is 4.52. The number of fused-ring (bicyclic) bond motifs is 1. The molecular weight excluding hydrogens is 254 g/mol. The predicted molar refractivity (Wildman–Crippen MR) is 77.3 cm³/mol. The molecule has 3 rings (SSSR count). The van der Waals surface area contributed by atoms with Crippen LogP contribution in [-0.4, -0.2) is 9.55 Å². The van der Waals surface area contributed by atoms with Crippen LogP contribution in [0.15, 0.2) is 30.5 Å². The van der Waals surface area contributed by atoms with E-state index in [1.165, 1.54) is 4.88 Å². The van der Waals surface area contributed by atoms with E-state index in [9.17, 15) is 0 Å². The number of nitrogens with zero attached hydrogens (tertiary/aromatic N) is 3. The molecular formula is C15H13N3S. The largest absolute Gasteiger partial charge is 0.341 e. The maximum Gasteiger partial charge on any atom is 0.113 e. The van der Waals surface area contributed by atoms with E-state index in [1.54, 1.807) is 11.3 Å². The minimum atomic E-state index is 0.693. The molecule has 0 unspecified atom stereocenters. The Hall–Kier alpha value is -2.12. The van der Waals surface area contributed by atoms with Crippen molar-refractivity contribution in [3.05, 3.63) is 51.6 Å². The lowest BCUT2D eigenvalue weighted by Gasteiger charge is -2.02. The van der Waals surface area contributed by atoms with Crippen LogP contribution in [-0.2, 0) is 6.54 Å². The Bertz CT molecular complexity index is 770. The van der Waals surface area contributed by atoms with Crippen molar-refractivity contribution in [1.29, 1.82) is 5.26 Å². The Labute approximate surface area is 115 Å². The van der Waals surface area contributed by atoms with Crippen molar-refractivity contribution in [3.8, 4) is 6.07 Å². The van der Waals surface area contributed by atoms with Gasteiger partial charge in [0.15, 0.2) is 0 Å². The van der Waals surface area contributed by atoms with Gasteiger partial charge in [-0.25, -0.2) is 4.98 Å². The fraction of sp³-hybridized carbons (Fsp3) is 0.200. The van der Waals surface area contributed by atoms with Gasteiger partial charge in [0.1, 0.15) is 5.01 Å². The Balaban J connectivity index is 2.03. The topological polar surface area (TPSA) is 41.6 Å². The molecule has 0 aliphatic heterocycles. The van der Waals surface area contributed by atoms with Gasteiger partial charge in [-0.05, 0) is 37.4 Å². The second-order valence-electron chi connectivity index (χ2n) is 4.58. The minimum absolute atomic E-state index is 0.693. The maximum atomic E-state index is 8.99. The molecule has 0 spiro atoms. The zero-order valence-electron chi connectivity index (χ0n) is 10.8. The maximum absolute atomic E-state index is 8.99. The highest BCUT2D eigenvalue weighted by atomic mass is 32.1. The molecule has 3 aromatic rings. The molecule has 0 fully saturated rings. The van der Waals surface area contributed by atoms with Gasteiger partial charge in [0.05, 0.1) is 23.9 Å². The molecule has 2 heterocycles. The zero-order chi connectivity index (χ0) is 13.4. The summed E-state index contributed by atoms with van der Waals surface area (Å²) in [6.45, 7) is 4.90. The van der Waals surface area contributed by atoms with Crippen LogP contribution in [0.2, 0.25) is 0 Å². The molecule has 2 aromatic heterocycles. The first kappa shape index (κ1) is 11.9. The van der Waals surface area contributed by atoms with Crippen molar-refractivity contribution in [1.82, 2.24) is 9.55 Å². The van der Waals surface area contributed by atoms with Crippen LogP contribution in [0.25, 0.3) is 10.9 Å². The molecule has 0 aliphatic rings. The van der Waals surface area contributed by atoms with E-state index in [2.05, 4.69) is 34.8 Å². The molecule has 4 heteroatoms. The fourth-order valence-corrected chi connectivity index (χ4v) is 3.08. The van der Waals surface area contributed by atoms with E-state index >= 15 is 0 Å². The number of nitriles is 1. The van der Waals surface area contributed by atoms with Gasteiger partial charge in [0.25, 0.3) is 0 Å². The standard InChI is InChI=1S/C15H13N3S/c1-10-11(2)19-15(17-10)9-18-6-5-13-4-3-12(8-16)7-14(13)18/h3-7H,9H2,1-2H3. The van der Waals surface area contributed by atoms with E-state index in [1.807, 2.05) is 25.1 Å². The van der Waals surface area contributed by atoms with Crippen LogP contribution in [0.3, 0.4) is 0 Å². The van der Waals surface area contributed by atoms with Crippen molar-refractivity contribution >= 4 is 22.2 Å². The number of benzene rings is 1. The first-order valence-electron chi connectivity index (χ1n) is 6.09. The third-order valence-corrected chi connectivity index (χ3v) is 4.34. The monoisotopic (exact) mass is 267 g/mol. The molecule has 0 amide bonds. The zero-order valence-corrected chi connectivity index (χ0v) is 11.7. The van der Waals surface area contributed by atoms with Gasteiger partial charge in [-0.15, -0.1) is 11.3 Å². The van der Waals surface area contributed by atoms with Gasteiger partial charge in [0.2, 0.25) is 0 Å². The van der Waals surface area contributed by atoms with Crippen LogP contribution in [0.4, 0.5) is 0 Å². The number of thiazole rings is 1. The average Bonchev–Trinajstić information content (AvgIpc) is 2.94. The lowest BCUT2D eigenvalue weighted by molar-refractivity contribution is 0.824. The van der Waals surface area contributed by atoms with Crippen molar-refractivity contribution in [2.45, 2.75) is 20.4 Å². The van der Waals surface area contributed by atoms with Gasteiger partial charge in [-0.1, -0.05) is 6.07 Å². The highest BCUT2D eigenvalue weighted by molar-refractivity contribution is 7.11. The van der Waals surface area contributed by atoms with E-state index < -0.39 is 0 Å². The van der Waals surface area contributed by atoms with E-state index in [-0.39, 0.29) is 0 Å². The van der Waals surface area contributed by atoms with E-state index in [4.69, 9.17) is 5.26 Å². The summed E-state index contributed by atoms with van der Waals surface area (Å²) >= 11 is 1.73. The second-order valence-corrected chi connectivity index (χ2v) is 5.87. The SMILES string of the molecule is Cc1nc(Cn2ccc3ccc(C#N)cc32)sc1C. The summed E-state index contributed by atoms with van der Waals surface area (Å²) in [5.74, 6) is 0. The summed E-state index contributed by atoms with van der Waals surface area (Å²) in [6.07, 6.45) is 2.05. The third kappa shape index (κ3) is 2.13. The highest BCUT2D eigenvalue weighted by Crippen LogP contribution is 2.22. The number of hydrogen-bond acceptors (Lipinski definition) is 3. The average molecular weight is 267 g/mol. The summed E-state index contributed by atoms with van der Waals surface area (Å²) < 4.78 is 2.15. The lowest BCUT2D eigenvalue weighted by Crippen LogP contribution is -1.97. The molecule has 0 atom stereocenters. The summed E-state index contributed by atoms with van der Waals surface area (Å²) in [6, 6.07) is 10.0. The molecule has 3 nitrogen and oxygen atoms in total. The van der Waals surface area contributed by atoms with Crippen molar-refractivity contribution in [2.24, 2.45) is 0 Å². The third-order valence-electron chi connectivity index (χ3n) is 3.28. The van der Waals surface area contributed by atoms with Gasteiger partial charge in [-0.2, -0.15) is 5.26 Å². The summed E-state index contributed by atoms with van der Waals surface area (Å²) in [4.78, 5) is 5.83. The number of rotatable bonds is 2. The molecule has 0 radical (unpaired) electrons. The van der Waals surface area contributed by atoms with E-state index in [0.717, 1.165) is 28.1 Å². The predicted octanol–water partition coefficient (Wildman–Crippen LogP) is 3.63. The van der Waals surface area contributed by atoms with Crippen LogP contribution < -0.4 is 0 Å². The van der Waals surface area contributed by atoms with E-state index in [0.29, 0.717) is 5.56 Å². The number of aryl methyl sites for hydroxylation is 2. The number of hydrogen-bond donors (Lipinski definition) is 0. The molecule has 0 N–H and O–H groups in total. The summed E-state index contributed by atoms with van der Waals surface area (Å²) in [7, 11) is 0. The van der Waals surface area contributed by atoms with Crippen LogP contribution in [0, 0.1) is 25.2 Å². The lowest BCUT2D eigenvalue weighted by atomic mass is 10.2. The highest BCUT2D eigenvalue weighted by Gasteiger charge is 2.07. The molecule has 0 aliphatic carbocycles. The first-order chi connectivity index (χ1) is 9.17. The van der Waals surface area contributed by atoms with Gasteiger partial charge in [0, 0.05) is 16.6 Å². The van der Waals surface area contributed by atoms with Crippen LogP contribution in [0.5, 0.6) is 0 Å². The summed E-state index contributed by atoms with van der Waals surface area (Å²) in [5.41, 5.74) is 2.89. The van der Waals surface area contributed by atoms with Gasteiger partial charge >= 0.3 is 0 Å². The Morgan fingerprint density at radius 3 is 2.84 bits per heavy atom. The molecule has 0 saturated carbocycles. The quantitative estimate of drug-likeness (QED) is 0.711. The smallest absolute Gasteiger partial charge is 0.113 e. The van der Waals surface area contributed by atoms with Gasteiger partial charge < -0.3 is 4.57 Å². The number of aromatic nitrogens is 2. The van der Waals surface area contributed by atoms with Crippen LogP contribution >= 0.6 is 11.3 Å². The Morgan fingerprint density at radius 2 is 2.16 bits per heavy atom. The molecule has 0 saturated heterocycles. The first-order valence-corrected chi connectivity index (χ1v) is 6.91. The molecule has 0 bridgehead atoms. The van der Waals surface area contributed by atoms with Crippen molar-refractivity contribution in [2.75, 3.05) is 0 Å². The van der Waals surface area contributed by atoms with Crippen molar-refractivity contribution < 1.29 is 0 Å². The van der Waals surface area contributed by atoms with Crippen molar-refractivity contribution in [3.63, 3.8) is 0 Å².